The summed E-state index contributed by atoms with van der Waals surface area (Å²) in [6, 6.07) is 27.9. The zero-order valence-corrected chi connectivity index (χ0v) is 62.9. The molecular formula is C76H90N16O11S2. The Kier molecular flexibility index (Phi) is 22.3. The number of benzene rings is 3. The van der Waals surface area contributed by atoms with Crippen LogP contribution in [-0.2, 0) is 82.3 Å². The molecule has 0 saturated heterocycles. The highest BCUT2D eigenvalue weighted by Gasteiger charge is 2.30. The first-order valence-electron chi connectivity index (χ1n) is 35.2. The van der Waals surface area contributed by atoms with E-state index >= 15 is 0 Å². The summed E-state index contributed by atoms with van der Waals surface area (Å²) in [5.41, 5.74) is 13.3. The lowest BCUT2D eigenvalue weighted by atomic mass is 10.1. The fourth-order valence-corrected chi connectivity index (χ4v) is 16.2. The minimum atomic E-state index is -4.13. The molecule has 13 aromatic rings. The Morgan fingerprint density at radius 1 is 0.467 bits per heavy atom. The van der Waals surface area contributed by atoms with Crippen molar-refractivity contribution in [3.8, 4) is 0 Å². The predicted octanol–water partition coefficient (Wildman–Crippen LogP) is 10.4. The molecule has 0 aliphatic heterocycles. The number of hydrogen-bond donors (Lipinski definition) is 3. The van der Waals surface area contributed by atoms with Gasteiger partial charge in [-0.05, 0) is 142 Å². The number of carboxylic acid groups (broad SMARTS) is 1. The molecule has 29 heteroatoms. The number of nitrogens with one attached hydrogen (secondary N) is 2. The molecule has 0 aliphatic carbocycles. The van der Waals surface area contributed by atoms with Gasteiger partial charge in [-0.15, -0.1) is 0 Å². The summed E-state index contributed by atoms with van der Waals surface area (Å²) >= 11 is 0. The van der Waals surface area contributed by atoms with Crippen LogP contribution in [0.5, 0.6) is 0 Å². The molecule has 0 spiro atoms. The summed E-state index contributed by atoms with van der Waals surface area (Å²) in [7, 11) is -0.206. The molecule has 10 aromatic heterocycles. The number of pyridine rings is 3. The Balaban J connectivity index is 0.000000158. The van der Waals surface area contributed by atoms with Crippen molar-refractivity contribution in [1.29, 1.82) is 0 Å². The number of rotatable bonds is 25. The molecule has 0 saturated carbocycles. The number of sulfonamides is 2. The quantitative estimate of drug-likeness (QED) is 0.0479. The third-order valence-electron chi connectivity index (χ3n) is 19.4. The van der Waals surface area contributed by atoms with Crippen LogP contribution in [0.1, 0.15) is 143 Å². The lowest BCUT2D eigenvalue weighted by Crippen LogP contribution is -2.35. The summed E-state index contributed by atoms with van der Waals surface area (Å²) in [6.45, 7) is 16.5. The van der Waals surface area contributed by atoms with Crippen molar-refractivity contribution in [1.82, 2.24) is 75.1 Å². The largest absolute Gasteiger partial charge is 0.481 e. The average Bonchev–Trinajstić information content (AvgIpc) is 1.61. The summed E-state index contributed by atoms with van der Waals surface area (Å²) in [6.07, 6.45) is 15.4. The standard InChI is InChI=1S/C27H31N7O4S.C25H31N5O4S.C24H28N4O3/c1-5-8-20(13-23(35)30-39(37,38)24-16-31(3)17-29-24)34-26-22(11-7-12-28-26)33(27(34)36)15-19-14-32(4)21-10-6-9-18(2)25(19)21;1-5-9-19(14-22(31)27-35(33,34)6-2)30-24-21(12-8-13-26-24)29(25(30)32)16-18-15-28(4)20-11-7-10-17(3)23(18)20;1-5-7-18(12-21(29)30)28-23-20(11-10-16(3)25-23)27(24(28)31)14-17-13-26(4)19-9-6-8-15(2)22(17)19/h6-7,9-12,14,16-17,20H,5,8,13,15H2,1-4H3,(H,30,35);7-8,10-13,15,19H,5-6,9,14,16H2,1-4H3,(H,27,31);6,8-11,13,18H,5,7,12,14H2,1-4H3,(H,29,30)/t20-;19-;18-/m000/s1. The number of hydrogen-bond acceptors (Lipinski definition) is 14. The van der Waals surface area contributed by atoms with E-state index in [0.29, 0.717) is 79.7 Å². The third kappa shape index (κ3) is 15.5. The van der Waals surface area contributed by atoms with Gasteiger partial charge in [-0.2, -0.15) is 8.42 Å². The molecule has 0 aliphatic rings. The van der Waals surface area contributed by atoms with Crippen LogP contribution in [0, 0.1) is 27.7 Å². The number of carbonyl (C=O) groups is 3. The Hall–Kier alpha value is -10.9. The van der Waals surface area contributed by atoms with E-state index in [1.165, 1.54) is 28.6 Å². The van der Waals surface area contributed by atoms with Gasteiger partial charge in [-0.3, -0.25) is 46.5 Å². The van der Waals surface area contributed by atoms with Gasteiger partial charge in [-0.1, -0.05) is 76.4 Å². The fraction of sp³-hybridized carbons (Fsp3) is 0.368. The van der Waals surface area contributed by atoms with Gasteiger partial charge in [0.2, 0.25) is 21.8 Å². The van der Waals surface area contributed by atoms with Crippen LogP contribution >= 0.6 is 0 Å². The first-order chi connectivity index (χ1) is 50.1. The SMILES string of the molecule is CCC[C@@H](CC(=O)NS(=O)(=O)CC)n1c(=O)n(Cc2cn(C)c3cccc(C)c23)c2cccnc21.CCC[C@@H](CC(=O)NS(=O)(=O)c1cn(C)cn1)n1c(=O)n(Cc2cn(C)c3cccc(C)c23)c2cccnc21.CCC[C@@H](CC(=O)O)n1c(=O)n(Cc2cn(C)c3cccc(C)c23)c2ccc(C)nc21. The number of fused-ring (bicyclic) bond motifs is 6. The molecule has 552 valence electrons. The zero-order valence-electron chi connectivity index (χ0n) is 61.2. The predicted molar refractivity (Wildman–Crippen MR) is 406 cm³/mol. The Morgan fingerprint density at radius 2 is 0.848 bits per heavy atom. The lowest BCUT2D eigenvalue weighted by molar-refractivity contribution is -0.138. The summed E-state index contributed by atoms with van der Waals surface area (Å²) in [4.78, 5) is 95.8. The van der Waals surface area contributed by atoms with Crippen LogP contribution in [0.25, 0.3) is 66.2 Å². The number of nitrogens with zero attached hydrogens (tertiary/aromatic N) is 14. The van der Waals surface area contributed by atoms with Crippen LogP contribution in [0.3, 0.4) is 0 Å². The monoisotopic (exact) mass is 1470 g/mol. The molecule has 10 heterocycles. The molecule has 3 atom stereocenters. The number of amides is 2. The molecule has 0 fully saturated rings. The van der Waals surface area contributed by atoms with Gasteiger partial charge in [-0.25, -0.2) is 47.5 Å². The first kappa shape index (κ1) is 75.2. The molecule has 27 nitrogen and oxygen atoms in total. The van der Waals surface area contributed by atoms with Crippen LogP contribution < -0.4 is 26.5 Å². The molecule has 0 unspecified atom stereocenters. The van der Waals surface area contributed by atoms with Gasteiger partial charge in [0.15, 0.2) is 22.0 Å². The van der Waals surface area contributed by atoms with Crippen LogP contribution in [0.4, 0.5) is 0 Å². The molecule has 3 aromatic carbocycles. The number of imidazole rings is 4. The van der Waals surface area contributed by atoms with Crippen LogP contribution in [0.15, 0.2) is 154 Å². The second-order valence-electron chi connectivity index (χ2n) is 27.1. The van der Waals surface area contributed by atoms with Crippen molar-refractivity contribution in [3.05, 3.63) is 205 Å². The first-order valence-corrected chi connectivity index (χ1v) is 38.3. The van der Waals surface area contributed by atoms with E-state index in [2.05, 4.69) is 82.8 Å². The van der Waals surface area contributed by atoms with Gasteiger partial charge >= 0.3 is 23.0 Å². The normalized spacial score (nSPS) is 12.8. The second kappa shape index (κ2) is 31.2. The minimum Gasteiger partial charge on any atom is -0.481 e. The van der Waals surface area contributed by atoms with Crippen molar-refractivity contribution in [3.63, 3.8) is 0 Å². The number of carboxylic acids is 1. The van der Waals surface area contributed by atoms with E-state index in [4.69, 9.17) is 0 Å². The summed E-state index contributed by atoms with van der Waals surface area (Å²) < 4.78 is 70.7. The number of carbonyl (C=O) groups excluding carboxylic acids is 2. The van der Waals surface area contributed by atoms with Gasteiger partial charge < -0.3 is 23.4 Å². The number of aliphatic carboxylic acids is 1. The van der Waals surface area contributed by atoms with Crippen LogP contribution in [-0.4, -0.2) is 111 Å². The minimum absolute atomic E-state index is 0.101. The third-order valence-corrected chi connectivity index (χ3v) is 21.9. The smallest absolute Gasteiger partial charge is 0.330 e. The van der Waals surface area contributed by atoms with E-state index in [1.807, 2.05) is 127 Å². The van der Waals surface area contributed by atoms with E-state index in [1.54, 1.807) is 54.4 Å². The Bertz CT molecular complexity index is 5890. The average molecular weight is 1470 g/mol. The fourth-order valence-electron chi connectivity index (χ4n) is 14.6. The summed E-state index contributed by atoms with van der Waals surface area (Å²) in [5, 5.41) is 12.6. The highest BCUT2D eigenvalue weighted by atomic mass is 32.2. The van der Waals surface area contributed by atoms with Crippen molar-refractivity contribution in [2.45, 2.75) is 156 Å². The highest BCUT2D eigenvalue weighted by Crippen LogP contribution is 2.32. The Labute approximate surface area is 607 Å². The van der Waals surface area contributed by atoms with E-state index in [9.17, 15) is 50.7 Å². The molecule has 0 radical (unpaired) electrons. The van der Waals surface area contributed by atoms with E-state index in [-0.39, 0.29) is 47.1 Å². The molecule has 3 N–H and O–H groups in total. The molecule has 2 amide bonds. The molecule has 13 rings (SSSR count). The van der Waals surface area contributed by atoms with Gasteiger partial charge in [0.05, 0.1) is 60.7 Å². The lowest BCUT2D eigenvalue weighted by Gasteiger charge is -2.17. The Morgan fingerprint density at radius 3 is 1.23 bits per heavy atom. The molecule has 0 bridgehead atoms. The maximum absolute atomic E-state index is 13.9. The zero-order chi connectivity index (χ0) is 75.5. The van der Waals surface area contributed by atoms with Gasteiger partial charge in [0.25, 0.3) is 10.0 Å². The maximum atomic E-state index is 13.9. The van der Waals surface area contributed by atoms with Gasteiger partial charge in [0.1, 0.15) is 0 Å². The van der Waals surface area contributed by atoms with Crippen molar-refractivity contribution in [2.24, 2.45) is 28.2 Å². The van der Waals surface area contributed by atoms with Crippen LogP contribution in [0.2, 0.25) is 0 Å². The number of aromatic nitrogens is 14. The topological polar surface area (TPSA) is 316 Å². The molecule has 105 heavy (non-hydrogen) atoms. The number of aryl methyl sites for hydroxylation is 8. The highest BCUT2D eigenvalue weighted by molar-refractivity contribution is 7.90. The maximum Gasteiger partial charge on any atom is 0.330 e. The van der Waals surface area contributed by atoms with E-state index in [0.717, 1.165) is 83.7 Å². The van der Waals surface area contributed by atoms with E-state index < -0.39 is 56.0 Å². The van der Waals surface area contributed by atoms with Crippen molar-refractivity contribution in [2.75, 3.05) is 5.75 Å². The van der Waals surface area contributed by atoms with Crippen molar-refractivity contribution >= 4 is 104 Å². The second-order valence-corrected chi connectivity index (χ2v) is 30.7. The van der Waals surface area contributed by atoms with Crippen molar-refractivity contribution < 1.29 is 36.3 Å². The van der Waals surface area contributed by atoms with Gasteiger partial charge in [0, 0.05) is 129 Å². The molecular weight excluding hydrogens is 1380 g/mol. The summed E-state index contributed by atoms with van der Waals surface area (Å²) in [5.74, 6) is -2.45.